The molecule has 0 aromatic heterocycles. The van der Waals surface area contributed by atoms with Gasteiger partial charge in [0.2, 0.25) is 0 Å². The fourth-order valence-electron chi connectivity index (χ4n) is 2.24. The topological polar surface area (TPSA) is 43.1 Å². The van der Waals surface area contributed by atoms with Gasteiger partial charge in [-0.1, -0.05) is 36.4 Å². The molecular weight excluding hydrogens is 202 g/mol. The lowest BCUT2D eigenvalue weighted by atomic mass is 9.95. The van der Waals surface area contributed by atoms with E-state index in [1.807, 2.05) is 24.3 Å². The lowest BCUT2D eigenvalue weighted by molar-refractivity contribution is -0.419. The fourth-order valence-corrected chi connectivity index (χ4v) is 2.24. The zero-order valence-corrected chi connectivity index (χ0v) is 8.46. The molecule has 0 bridgehead atoms. The molecule has 1 aromatic carbocycles. The molecule has 0 saturated carbocycles. The maximum absolute atomic E-state index is 10.7. The number of hydrogen-bond donors (Lipinski definition) is 0. The average Bonchev–Trinajstić information content (AvgIpc) is 2.66. The largest absolute Gasteiger partial charge is 0.266 e. The van der Waals surface area contributed by atoms with Crippen LogP contribution in [0.2, 0.25) is 0 Å². The summed E-state index contributed by atoms with van der Waals surface area (Å²) >= 11 is 0. The van der Waals surface area contributed by atoms with Gasteiger partial charge in [-0.05, 0) is 16.0 Å². The smallest absolute Gasteiger partial charge is 0.258 e. The van der Waals surface area contributed by atoms with Crippen LogP contribution in [0.4, 0.5) is 0 Å². The Morgan fingerprint density at radius 3 is 2.75 bits per heavy atom. The third-order valence-corrected chi connectivity index (χ3v) is 2.98. The van der Waals surface area contributed by atoms with Gasteiger partial charge in [0.15, 0.2) is 0 Å². The number of benzene rings is 1. The van der Waals surface area contributed by atoms with Crippen LogP contribution in [-0.4, -0.2) is 4.92 Å². The standard InChI is InChI=1S/C13H9NO2/c15-14(16)11-5-6-13-10(8-11)7-9-3-1-2-4-12(9)13/h1-8,10H/t10-/m0/s1. The van der Waals surface area contributed by atoms with Crippen molar-refractivity contribution < 1.29 is 4.92 Å². The molecule has 16 heavy (non-hydrogen) atoms. The van der Waals surface area contributed by atoms with Gasteiger partial charge in [0.1, 0.15) is 0 Å². The van der Waals surface area contributed by atoms with Crippen molar-refractivity contribution in [1.29, 1.82) is 0 Å². The van der Waals surface area contributed by atoms with Crippen molar-refractivity contribution in [2.24, 2.45) is 5.92 Å². The Morgan fingerprint density at radius 1 is 1.12 bits per heavy atom. The first-order valence-corrected chi connectivity index (χ1v) is 5.11. The lowest BCUT2D eigenvalue weighted by Crippen LogP contribution is -2.21. The maximum Gasteiger partial charge on any atom is 0.266 e. The Balaban J connectivity index is 2.22. The third-order valence-electron chi connectivity index (χ3n) is 2.98. The number of allylic oxidation sites excluding steroid dienone is 3. The zero-order valence-electron chi connectivity index (χ0n) is 8.46. The van der Waals surface area contributed by atoms with Crippen LogP contribution in [0.1, 0.15) is 0 Å². The summed E-state index contributed by atoms with van der Waals surface area (Å²) in [4.78, 5) is 10.3. The molecule has 3 rings (SSSR count). The summed E-state index contributed by atoms with van der Waals surface area (Å²) in [5.41, 5.74) is 1.33. The minimum Gasteiger partial charge on any atom is -0.258 e. The molecule has 0 amide bonds. The van der Waals surface area contributed by atoms with Crippen molar-refractivity contribution in [3.63, 3.8) is 0 Å². The quantitative estimate of drug-likeness (QED) is 0.513. The molecular formula is C13H9NO2. The first-order chi connectivity index (χ1) is 7.75. The highest BCUT2D eigenvalue weighted by atomic mass is 16.6. The van der Waals surface area contributed by atoms with Gasteiger partial charge in [-0.25, -0.2) is 0 Å². The van der Waals surface area contributed by atoms with E-state index >= 15 is 0 Å². The summed E-state index contributed by atoms with van der Waals surface area (Å²) in [6, 6.07) is 8.06. The summed E-state index contributed by atoms with van der Waals surface area (Å²) in [5, 5.41) is 13.0. The van der Waals surface area contributed by atoms with Gasteiger partial charge in [0.05, 0.1) is 4.92 Å². The van der Waals surface area contributed by atoms with Crippen LogP contribution in [0.3, 0.4) is 0 Å². The molecule has 0 aliphatic heterocycles. The van der Waals surface area contributed by atoms with Crippen LogP contribution >= 0.6 is 0 Å². The van der Waals surface area contributed by atoms with Gasteiger partial charge < -0.3 is 0 Å². The summed E-state index contributed by atoms with van der Waals surface area (Å²) in [6.07, 6.45) is 7.19. The van der Waals surface area contributed by atoms with Crippen molar-refractivity contribution in [2.45, 2.75) is 0 Å². The molecule has 3 heteroatoms. The molecule has 3 nitrogen and oxygen atoms in total. The Kier molecular flexibility index (Phi) is 1.80. The van der Waals surface area contributed by atoms with Gasteiger partial charge in [-0.3, -0.25) is 10.1 Å². The number of nitro groups is 1. The van der Waals surface area contributed by atoms with E-state index in [-0.39, 0.29) is 16.5 Å². The molecule has 0 unspecified atom stereocenters. The van der Waals surface area contributed by atoms with Crippen molar-refractivity contribution in [3.8, 4) is 0 Å². The van der Waals surface area contributed by atoms with E-state index in [1.165, 1.54) is 5.22 Å². The van der Waals surface area contributed by atoms with Crippen LogP contribution in [0.25, 0.3) is 11.6 Å². The number of rotatable bonds is 1. The molecule has 2 aliphatic rings. The molecule has 0 N–H and O–H groups in total. The summed E-state index contributed by atoms with van der Waals surface area (Å²) in [6.45, 7) is 0. The highest BCUT2D eigenvalue weighted by Gasteiger charge is 2.21. The van der Waals surface area contributed by atoms with E-state index in [0.29, 0.717) is 0 Å². The lowest BCUT2D eigenvalue weighted by Gasteiger charge is -2.08. The van der Waals surface area contributed by atoms with Crippen LogP contribution in [0, 0.1) is 16.0 Å². The van der Waals surface area contributed by atoms with Crippen molar-refractivity contribution in [2.75, 3.05) is 0 Å². The van der Waals surface area contributed by atoms with E-state index in [2.05, 4.69) is 12.1 Å². The second-order valence-corrected chi connectivity index (χ2v) is 3.92. The van der Waals surface area contributed by atoms with E-state index in [9.17, 15) is 10.1 Å². The maximum atomic E-state index is 10.7. The second kappa shape index (κ2) is 3.17. The van der Waals surface area contributed by atoms with E-state index in [0.717, 1.165) is 10.8 Å². The number of hydrogen-bond acceptors (Lipinski definition) is 2. The minimum atomic E-state index is -0.343. The fraction of sp³-hybridized carbons (Fsp3) is 0.0769. The summed E-state index contributed by atoms with van der Waals surface area (Å²) in [5.74, 6) is 0.0581. The van der Waals surface area contributed by atoms with Gasteiger partial charge in [-0.2, -0.15) is 0 Å². The van der Waals surface area contributed by atoms with Crippen molar-refractivity contribution in [1.82, 2.24) is 0 Å². The van der Waals surface area contributed by atoms with Gasteiger partial charge in [0.25, 0.3) is 5.70 Å². The zero-order chi connectivity index (χ0) is 11.1. The molecule has 78 valence electrons. The molecule has 0 spiro atoms. The summed E-state index contributed by atoms with van der Waals surface area (Å²) in [7, 11) is 0. The highest BCUT2D eigenvalue weighted by Crippen LogP contribution is 2.25. The van der Waals surface area contributed by atoms with Crippen LogP contribution < -0.4 is 10.4 Å². The van der Waals surface area contributed by atoms with Crippen molar-refractivity contribution >= 4 is 11.6 Å². The normalized spacial score (nSPS) is 20.9. The van der Waals surface area contributed by atoms with Gasteiger partial charge >= 0.3 is 0 Å². The second-order valence-electron chi connectivity index (χ2n) is 3.92. The third kappa shape index (κ3) is 1.21. The first kappa shape index (κ1) is 9.09. The Hall–Kier alpha value is -2.16. The molecule has 2 aliphatic carbocycles. The molecule has 0 saturated heterocycles. The average molecular weight is 211 g/mol. The van der Waals surface area contributed by atoms with Gasteiger partial charge in [0, 0.05) is 18.1 Å². The molecule has 1 aromatic rings. The van der Waals surface area contributed by atoms with Crippen LogP contribution in [0.5, 0.6) is 0 Å². The number of nitrogens with zero attached hydrogens (tertiary/aromatic N) is 1. The summed E-state index contributed by atoms with van der Waals surface area (Å²) < 4.78 is 0. The molecule has 0 heterocycles. The van der Waals surface area contributed by atoms with E-state index in [4.69, 9.17) is 0 Å². The predicted molar refractivity (Wildman–Crippen MR) is 61.3 cm³/mol. The highest BCUT2D eigenvalue weighted by molar-refractivity contribution is 5.74. The van der Waals surface area contributed by atoms with Crippen LogP contribution in [0.15, 0.2) is 48.2 Å². The Labute approximate surface area is 91.9 Å². The van der Waals surface area contributed by atoms with E-state index < -0.39 is 0 Å². The minimum absolute atomic E-state index is 0.0581. The first-order valence-electron chi connectivity index (χ1n) is 5.11. The monoisotopic (exact) mass is 211 g/mol. The molecule has 0 radical (unpaired) electrons. The Morgan fingerprint density at radius 2 is 1.94 bits per heavy atom. The SMILES string of the molecule is O=[N+]([O-])C1=C[C@@H]2C=c3ccccc3=C2C=C1. The predicted octanol–water partition coefficient (Wildman–Crippen LogP) is 0.978. The van der Waals surface area contributed by atoms with Crippen LogP contribution in [-0.2, 0) is 0 Å². The Bertz CT molecular complexity index is 653. The van der Waals surface area contributed by atoms with Gasteiger partial charge in [-0.15, -0.1) is 0 Å². The number of fused-ring (bicyclic) bond motifs is 2. The van der Waals surface area contributed by atoms with Crippen molar-refractivity contribution in [3.05, 3.63) is 68.7 Å². The molecule has 1 atom stereocenters. The molecule has 0 fully saturated rings. The van der Waals surface area contributed by atoms with E-state index in [1.54, 1.807) is 12.2 Å².